The van der Waals surface area contributed by atoms with Crippen LogP contribution in [0.25, 0.3) is 5.69 Å². The molecule has 2 rings (SSSR count). The fourth-order valence-electron chi connectivity index (χ4n) is 1.75. The zero-order valence-electron chi connectivity index (χ0n) is 9.94. The number of benzene rings is 1. The van der Waals surface area contributed by atoms with E-state index in [2.05, 4.69) is 25.0 Å². The van der Waals surface area contributed by atoms with Gasteiger partial charge in [-0.25, -0.2) is 4.68 Å². The Morgan fingerprint density at radius 2 is 2.00 bits per heavy atom. The van der Waals surface area contributed by atoms with Gasteiger partial charge in [-0.1, -0.05) is 25.4 Å². The van der Waals surface area contributed by atoms with Crippen LogP contribution in [0.3, 0.4) is 0 Å². The number of halogens is 1. The number of rotatable bonds is 3. The summed E-state index contributed by atoms with van der Waals surface area (Å²) in [6, 6.07) is 7.22. The highest BCUT2D eigenvalue weighted by atomic mass is 35.5. The number of phenols is 1. The van der Waals surface area contributed by atoms with Crippen LogP contribution in [0.1, 0.15) is 25.2 Å². The first-order valence-electron chi connectivity index (χ1n) is 5.72. The second-order valence-corrected chi connectivity index (χ2v) is 4.29. The van der Waals surface area contributed by atoms with Crippen molar-refractivity contribution in [1.29, 1.82) is 0 Å². The molecular weight excluding hydrogens is 236 g/mol. The normalized spacial score (nSPS) is 10.8. The number of aromatic hydroxyl groups is 1. The Hall–Kier alpha value is -1.48. The van der Waals surface area contributed by atoms with Crippen LogP contribution in [0.5, 0.6) is 5.75 Å². The Morgan fingerprint density at radius 3 is 2.59 bits per heavy atom. The van der Waals surface area contributed by atoms with E-state index in [4.69, 9.17) is 11.6 Å². The number of aromatic nitrogens is 2. The van der Waals surface area contributed by atoms with Crippen molar-refractivity contribution in [2.45, 2.75) is 26.7 Å². The SMILES string of the molecule is CCc1cc(CC)n(-c2ccc(O)c(Cl)c2)n1. The van der Waals surface area contributed by atoms with Crippen molar-refractivity contribution in [3.8, 4) is 11.4 Å². The second kappa shape index (κ2) is 4.80. The molecule has 0 fully saturated rings. The zero-order chi connectivity index (χ0) is 12.4. The summed E-state index contributed by atoms with van der Waals surface area (Å²) in [4.78, 5) is 0. The van der Waals surface area contributed by atoms with E-state index >= 15 is 0 Å². The zero-order valence-corrected chi connectivity index (χ0v) is 10.7. The van der Waals surface area contributed by atoms with Gasteiger partial charge in [0.15, 0.2) is 0 Å². The van der Waals surface area contributed by atoms with E-state index in [9.17, 15) is 5.11 Å². The molecule has 0 saturated heterocycles. The smallest absolute Gasteiger partial charge is 0.134 e. The fraction of sp³-hybridized carbons (Fsp3) is 0.308. The topological polar surface area (TPSA) is 38.0 Å². The third-order valence-corrected chi connectivity index (χ3v) is 3.04. The maximum atomic E-state index is 9.41. The first-order chi connectivity index (χ1) is 8.15. The minimum atomic E-state index is 0.0938. The molecule has 0 unspecified atom stereocenters. The average molecular weight is 251 g/mol. The monoisotopic (exact) mass is 250 g/mol. The summed E-state index contributed by atoms with van der Waals surface area (Å²) in [7, 11) is 0. The van der Waals surface area contributed by atoms with Crippen LogP contribution in [0, 0.1) is 0 Å². The molecule has 4 heteroatoms. The first-order valence-corrected chi connectivity index (χ1v) is 6.10. The van der Waals surface area contributed by atoms with Crippen molar-refractivity contribution in [2.24, 2.45) is 0 Å². The lowest BCUT2D eigenvalue weighted by Gasteiger charge is -2.06. The lowest BCUT2D eigenvalue weighted by Crippen LogP contribution is -2.01. The van der Waals surface area contributed by atoms with E-state index in [0.717, 1.165) is 29.9 Å². The van der Waals surface area contributed by atoms with Gasteiger partial charge in [0.2, 0.25) is 0 Å². The highest BCUT2D eigenvalue weighted by Crippen LogP contribution is 2.26. The highest BCUT2D eigenvalue weighted by molar-refractivity contribution is 6.32. The maximum Gasteiger partial charge on any atom is 0.134 e. The first kappa shape index (κ1) is 12.0. The van der Waals surface area contributed by atoms with Crippen LogP contribution in [0.15, 0.2) is 24.3 Å². The summed E-state index contributed by atoms with van der Waals surface area (Å²) in [5.41, 5.74) is 3.08. The predicted molar refractivity (Wildman–Crippen MR) is 69.0 cm³/mol. The molecule has 1 N–H and O–H groups in total. The van der Waals surface area contributed by atoms with Gasteiger partial charge in [-0.05, 0) is 37.1 Å². The Bertz CT molecular complexity index is 534. The molecule has 0 amide bonds. The molecule has 1 heterocycles. The van der Waals surface area contributed by atoms with Crippen molar-refractivity contribution in [1.82, 2.24) is 9.78 Å². The minimum absolute atomic E-state index is 0.0938. The standard InChI is InChI=1S/C13H15ClN2O/c1-3-9-7-10(4-2)16(15-9)11-5-6-13(17)12(14)8-11/h5-8,17H,3-4H2,1-2H3. The number of hydrogen-bond acceptors (Lipinski definition) is 2. The summed E-state index contributed by atoms with van der Waals surface area (Å²) < 4.78 is 1.88. The van der Waals surface area contributed by atoms with Gasteiger partial charge in [-0.2, -0.15) is 5.10 Å². The summed E-state index contributed by atoms with van der Waals surface area (Å²) >= 11 is 5.91. The van der Waals surface area contributed by atoms with Crippen molar-refractivity contribution >= 4 is 11.6 Å². The highest BCUT2D eigenvalue weighted by Gasteiger charge is 2.08. The van der Waals surface area contributed by atoms with E-state index in [1.807, 2.05) is 10.7 Å². The molecule has 0 radical (unpaired) electrons. The number of phenolic OH excluding ortho intramolecular Hbond substituents is 1. The molecule has 90 valence electrons. The molecule has 0 spiro atoms. The molecule has 0 saturated carbocycles. The Labute approximate surface area is 106 Å². The summed E-state index contributed by atoms with van der Waals surface area (Å²) in [5.74, 6) is 0.0938. The van der Waals surface area contributed by atoms with Gasteiger partial charge in [-0.3, -0.25) is 0 Å². The minimum Gasteiger partial charge on any atom is -0.506 e. The van der Waals surface area contributed by atoms with E-state index < -0.39 is 0 Å². The quantitative estimate of drug-likeness (QED) is 0.907. The summed E-state index contributed by atoms with van der Waals surface area (Å²) in [6.45, 7) is 4.17. The molecule has 0 aliphatic rings. The number of hydrogen-bond donors (Lipinski definition) is 1. The van der Waals surface area contributed by atoms with Crippen molar-refractivity contribution in [3.63, 3.8) is 0 Å². The second-order valence-electron chi connectivity index (χ2n) is 3.88. The van der Waals surface area contributed by atoms with Crippen LogP contribution in [-0.4, -0.2) is 14.9 Å². The largest absolute Gasteiger partial charge is 0.506 e. The van der Waals surface area contributed by atoms with Crippen molar-refractivity contribution in [3.05, 3.63) is 40.7 Å². The molecule has 3 nitrogen and oxygen atoms in total. The molecule has 2 aromatic rings. The molecular formula is C13H15ClN2O. The fourth-order valence-corrected chi connectivity index (χ4v) is 1.93. The lowest BCUT2D eigenvalue weighted by atomic mass is 10.2. The van der Waals surface area contributed by atoms with Gasteiger partial charge in [-0.15, -0.1) is 0 Å². The molecule has 0 atom stereocenters. The third-order valence-electron chi connectivity index (χ3n) is 2.73. The Kier molecular flexibility index (Phi) is 3.38. The van der Waals surface area contributed by atoms with Gasteiger partial charge >= 0.3 is 0 Å². The number of nitrogens with zero attached hydrogens (tertiary/aromatic N) is 2. The summed E-state index contributed by atoms with van der Waals surface area (Å²) in [6.07, 6.45) is 1.82. The van der Waals surface area contributed by atoms with Crippen LogP contribution in [0.2, 0.25) is 5.02 Å². The average Bonchev–Trinajstić information content (AvgIpc) is 2.76. The molecule has 0 bridgehead atoms. The lowest BCUT2D eigenvalue weighted by molar-refractivity contribution is 0.475. The van der Waals surface area contributed by atoms with Crippen LogP contribution < -0.4 is 0 Å². The number of aryl methyl sites for hydroxylation is 2. The molecule has 17 heavy (non-hydrogen) atoms. The van der Waals surface area contributed by atoms with E-state index in [-0.39, 0.29) is 5.75 Å². The van der Waals surface area contributed by atoms with Gasteiger partial charge in [0, 0.05) is 5.69 Å². The summed E-state index contributed by atoms with van der Waals surface area (Å²) in [5, 5.41) is 14.3. The van der Waals surface area contributed by atoms with Crippen molar-refractivity contribution in [2.75, 3.05) is 0 Å². The van der Waals surface area contributed by atoms with E-state index in [1.54, 1.807) is 12.1 Å². The Balaban J connectivity index is 2.51. The molecule has 1 aromatic carbocycles. The third kappa shape index (κ3) is 2.29. The molecule has 0 aliphatic heterocycles. The van der Waals surface area contributed by atoms with Crippen molar-refractivity contribution < 1.29 is 5.11 Å². The van der Waals surface area contributed by atoms with Gasteiger partial charge in [0.25, 0.3) is 0 Å². The maximum absolute atomic E-state index is 9.41. The van der Waals surface area contributed by atoms with Gasteiger partial charge in [0.1, 0.15) is 5.75 Å². The van der Waals surface area contributed by atoms with Gasteiger partial charge in [0.05, 0.1) is 16.4 Å². The van der Waals surface area contributed by atoms with E-state index in [0.29, 0.717) is 5.02 Å². The van der Waals surface area contributed by atoms with Crippen LogP contribution in [0.4, 0.5) is 0 Å². The van der Waals surface area contributed by atoms with E-state index in [1.165, 1.54) is 0 Å². The van der Waals surface area contributed by atoms with Crippen LogP contribution >= 0.6 is 11.6 Å². The Morgan fingerprint density at radius 1 is 1.24 bits per heavy atom. The molecule has 1 aromatic heterocycles. The van der Waals surface area contributed by atoms with Crippen LogP contribution in [-0.2, 0) is 12.8 Å². The molecule has 0 aliphatic carbocycles. The van der Waals surface area contributed by atoms with Gasteiger partial charge < -0.3 is 5.11 Å². The predicted octanol–water partition coefficient (Wildman–Crippen LogP) is 3.36.